The smallest absolute Gasteiger partial charge is 0.264 e. The highest BCUT2D eigenvalue weighted by Crippen LogP contribution is 2.47. The number of sulfonamides is 1. The molecule has 25 heavy (non-hydrogen) atoms. The number of benzene rings is 2. The van der Waals surface area contributed by atoms with Crippen LogP contribution >= 0.6 is 22.6 Å². The molecule has 3 rings (SSSR count). The van der Waals surface area contributed by atoms with Crippen LogP contribution in [0.1, 0.15) is 25.0 Å². The quantitative estimate of drug-likeness (QED) is 0.693. The van der Waals surface area contributed by atoms with Gasteiger partial charge in [-0.25, -0.2) is 8.42 Å². The molecule has 132 valence electrons. The van der Waals surface area contributed by atoms with Crippen LogP contribution in [0.25, 0.3) is 5.70 Å². The first-order chi connectivity index (χ1) is 11.7. The molecule has 6 heteroatoms. The fourth-order valence-corrected chi connectivity index (χ4v) is 5.90. The van der Waals surface area contributed by atoms with Gasteiger partial charge in [0.15, 0.2) is 0 Å². The van der Waals surface area contributed by atoms with E-state index >= 15 is 0 Å². The number of hydrogen-bond acceptors (Lipinski definition) is 3. The van der Waals surface area contributed by atoms with Gasteiger partial charge in [0.2, 0.25) is 0 Å². The largest absolute Gasteiger partial charge is 0.383 e. The van der Waals surface area contributed by atoms with Crippen molar-refractivity contribution in [2.24, 2.45) is 0 Å². The van der Waals surface area contributed by atoms with Gasteiger partial charge in [-0.15, -0.1) is 0 Å². The third-order valence-corrected chi connectivity index (χ3v) is 8.15. The first kappa shape index (κ1) is 18.4. The van der Waals surface area contributed by atoms with Crippen LogP contribution in [0.3, 0.4) is 0 Å². The van der Waals surface area contributed by atoms with Crippen molar-refractivity contribution in [2.45, 2.75) is 37.3 Å². The van der Waals surface area contributed by atoms with E-state index < -0.39 is 21.7 Å². The highest BCUT2D eigenvalue weighted by Gasteiger charge is 2.50. The van der Waals surface area contributed by atoms with Crippen molar-refractivity contribution in [3.05, 3.63) is 69.3 Å². The zero-order chi connectivity index (χ0) is 18.4. The normalized spacial score (nSPS) is 24.0. The maximum Gasteiger partial charge on any atom is 0.264 e. The molecule has 2 unspecified atom stereocenters. The van der Waals surface area contributed by atoms with Crippen LogP contribution in [0.2, 0.25) is 0 Å². The summed E-state index contributed by atoms with van der Waals surface area (Å²) in [5.41, 5.74) is 1.06. The average Bonchev–Trinajstić information content (AvgIpc) is 2.76. The van der Waals surface area contributed by atoms with Gasteiger partial charge in [-0.2, -0.15) is 0 Å². The topological polar surface area (TPSA) is 57.6 Å². The van der Waals surface area contributed by atoms with Crippen LogP contribution < -0.4 is 0 Å². The van der Waals surface area contributed by atoms with E-state index in [1.807, 2.05) is 37.3 Å². The summed E-state index contributed by atoms with van der Waals surface area (Å²) in [6, 6.07) is 15.5. The Morgan fingerprint density at radius 1 is 1.08 bits per heavy atom. The molecular formula is C19H20INO3S. The predicted molar refractivity (Wildman–Crippen MR) is 108 cm³/mol. The van der Waals surface area contributed by atoms with Crippen LogP contribution in [0.15, 0.2) is 63.1 Å². The summed E-state index contributed by atoms with van der Waals surface area (Å²) in [6.45, 7) is 5.31. The third-order valence-electron chi connectivity index (χ3n) is 4.66. The molecule has 2 atom stereocenters. The first-order valence-electron chi connectivity index (χ1n) is 7.96. The number of hydrogen-bond donors (Lipinski definition) is 1. The molecule has 2 aromatic carbocycles. The van der Waals surface area contributed by atoms with Crippen LogP contribution in [-0.4, -0.2) is 29.5 Å². The van der Waals surface area contributed by atoms with Gasteiger partial charge < -0.3 is 5.11 Å². The lowest BCUT2D eigenvalue weighted by molar-refractivity contribution is 0.0703. The Labute approximate surface area is 162 Å². The number of halogens is 1. The van der Waals surface area contributed by atoms with E-state index in [-0.39, 0.29) is 4.90 Å². The van der Waals surface area contributed by atoms with E-state index in [0.29, 0.717) is 9.28 Å². The van der Waals surface area contributed by atoms with Crippen LogP contribution in [0.4, 0.5) is 0 Å². The Morgan fingerprint density at radius 3 is 2.20 bits per heavy atom. The molecule has 4 nitrogen and oxygen atoms in total. The lowest BCUT2D eigenvalue weighted by Gasteiger charge is -2.31. The summed E-state index contributed by atoms with van der Waals surface area (Å²) in [5, 5.41) is 10.9. The summed E-state index contributed by atoms with van der Waals surface area (Å²) < 4.78 is 28.7. The van der Waals surface area contributed by atoms with E-state index in [2.05, 4.69) is 22.6 Å². The minimum absolute atomic E-state index is 0.222. The van der Waals surface area contributed by atoms with E-state index in [0.717, 1.165) is 11.1 Å². The SMILES string of the molecule is Cc1ccc(S(=O)(=O)N2C(c3ccccc3)=C(I)C(C)(O)C2C)cc1. The molecule has 0 radical (unpaired) electrons. The van der Waals surface area contributed by atoms with Gasteiger partial charge in [0.25, 0.3) is 10.0 Å². The zero-order valence-electron chi connectivity index (χ0n) is 14.3. The summed E-state index contributed by atoms with van der Waals surface area (Å²) >= 11 is 2.06. The summed E-state index contributed by atoms with van der Waals surface area (Å²) in [4.78, 5) is 0.222. The molecule has 0 fully saturated rings. The van der Waals surface area contributed by atoms with Gasteiger partial charge >= 0.3 is 0 Å². The number of nitrogens with zero attached hydrogens (tertiary/aromatic N) is 1. The second-order valence-corrected chi connectivity index (χ2v) is 9.36. The molecular weight excluding hydrogens is 449 g/mol. The standard InChI is InChI=1S/C19H20INO3S/c1-13-9-11-16(12-10-13)25(23,24)21-14(2)19(3,22)18(20)17(21)15-7-5-4-6-8-15/h4-12,14,22H,1-3H3. The molecule has 1 aliphatic heterocycles. The first-order valence-corrected chi connectivity index (χ1v) is 10.5. The number of rotatable bonds is 3. The Kier molecular flexibility index (Phi) is 4.72. The van der Waals surface area contributed by atoms with Crippen LogP contribution in [0.5, 0.6) is 0 Å². The molecule has 2 aromatic rings. The van der Waals surface area contributed by atoms with E-state index in [4.69, 9.17) is 0 Å². The molecule has 0 amide bonds. The van der Waals surface area contributed by atoms with E-state index in [1.165, 1.54) is 4.31 Å². The third kappa shape index (κ3) is 3.00. The van der Waals surface area contributed by atoms with Crippen molar-refractivity contribution in [2.75, 3.05) is 0 Å². The van der Waals surface area contributed by atoms with Crippen molar-refractivity contribution >= 4 is 38.3 Å². The van der Waals surface area contributed by atoms with Crippen LogP contribution in [-0.2, 0) is 10.0 Å². The van der Waals surface area contributed by atoms with Crippen molar-refractivity contribution in [3.8, 4) is 0 Å². The summed E-state index contributed by atoms with van der Waals surface area (Å²) in [5.74, 6) is 0. The summed E-state index contributed by atoms with van der Waals surface area (Å²) in [6.07, 6.45) is 0. The molecule has 1 N–H and O–H groups in total. The molecule has 0 saturated carbocycles. The van der Waals surface area contributed by atoms with Crippen molar-refractivity contribution < 1.29 is 13.5 Å². The molecule has 0 bridgehead atoms. The van der Waals surface area contributed by atoms with Crippen molar-refractivity contribution in [1.29, 1.82) is 0 Å². The molecule has 0 saturated heterocycles. The second-order valence-electron chi connectivity index (χ2n) is 6.47. The monoisotopic (exact) mass is 469 g/mol. The minimum Gasteiger partial charge on any atom is -0.383 e. The van der Waals surface area contributed by atoms with E-state index in [1.54, 1.807) is 38.1 Å². The molecule has 0 aromatic heterocycles. The van der Waals surface area contributed by atoms with Gasteiger partial charge in [0, 0.05) is 3.58 Å². The fraction of sp³-hybridized carbons (Fsp3) is 0.263. The molecule has 0 aliphatic carbocycles. The minimum atomic E-state index is -3.80. The van der Waals surface area contributed by atoms with Crippen molar-refractivity contribution in [1.82, 2.24) is 4.31 Å². The Balaban J connectivity index is 2.21. The molecule has 1 heterocycles. The maximum absolute atomic E-state index is 13.4. The van der Waals surface area contributed by atoms with Gasteiger partial charge in [-0.3, -0.25) is 4.31 Å². The van der Waals surface area contributed by atoms with Gasteiger partial charge in [-0.05, 0) is 61.1 Å². The van der Waals surface area contributed by atoms with Gasteiger partial charge in [-0.1, -0.05) is 48.0 Å². The van der Waals surface area contributed by atoms with Crippen molar-refractivity contribution in [3.63, 3.8) is 0 Å². The Bertz CT molecular complexity index is 919. The number of aliphatic hydroxyl groups is 1. The Morgan fingerprint density at radius 2 is 1.64 bits per heavy atom. The Hall–Kier alpha value is -1.38. The maximum atomic E-state index is 13.4. The lowest BCUT2D eigenvalue weighted by atomic mass is 10.0. The zero-order valence-corrected chi connectivity index (χ0v) is 17.2. The summed E-state index contributed by atoms with van der Waals surface area (Å²) in [7, 11) is -3.80. The second kappa shape index (κ2) is 6.41. The highest BCUT2D eigenvalue weighted by molar-refractivity contribution is 14.1. The molecule has 0 spiro atoms. The van der Waals surface area contributed by atoms with Gasteiger partial charge in [0.05, 0.1) is 16.6 Å². The fourth-order valence-electron chi connectivity index (χ4n) is 2.94. The molecule has 1 aliphatic rings. The van der Waals surface area contributed by atoms with Crippen LogP contribution in [0, 0.1) is 6.92 Å². The van der Waals surface area contributed by atoms with Gasteiger partial charge in [0.1, 0.15) is 5.60 Å². The lowest BCUT2D eigenvalue weighted by Crippen LogP contribution is -2.44. The number of aryl methyl sites for hydroxylation is 1. The average molecular weight is 469 g/mol. The highest BCUT2D eigenvalue weighted by atomic mass is 127. The van der Waals surface area contributed by atoms with E-state index in [9.17, 15) is 13.5 Å². The predicted octanol–water partition coefficient (Wildman–Crippen LogP) is 3.94.